The highest BCUT2D eigenvalue weighted by atomic mass is 16.5. The van der Waals surface area contributed by atoms with Crippen LogP contribution in [-0.4, -0.2) is 62.7 Å². The van der Waals surface area contributed by atoms with Gasteiger partial charge in [0.25, 0.3) is 11.8 Å². The summed E-state index contributed by atoms with van der Waals surface area (Å²) >= 11 is 0. The van der Waals surface area contributed by atoms with E-state index < -0.39 is 6.10 Å². The molecule has 2 aliphatic rings. The van der Waals surface area contributed by atoms with Crippen molar-refractivity contribution in [2.75, 3.05) is 55.4 Å². The smallest absolute Gasteiger partial charge is 0.255 e. The standard InChI is InChI=1S/C23H28N4O3/c1-26-11-13-27(14-12-26)20-9-7-18(8-10-20)24-22(28)17-4-2-5-19(16-17)25-23(29)21-6-3-15-30-21/h2,4-5,7-10,16,21H,3,6,11-15H2,1H3,(H,24,28)(H,25,29). The molecule has 0 aliphatic carbocycles. The normalized spacial score (nSPS) is 19.5. The van der Waals surface area contributed by atoms with Crippen molar-refractivity contribution >= 4 is 28.9 Å². The molecule has 2 aliphatic heterocycles. The minimum atomic E-state index is -0.402. The van der Waals surface area contributed by atoms with Crippen molar-refractivity contribution in [1.82, 2.24) is 4.90 Å². The Balaban J connectivity index is 1.36. The monoisotopic (exact) mass is 408 g/mol. The second-order valence-electron chi connectivity index (χ2n) is 7.86. The van der Waals surface area contributed by atoms with Gasteiger partial charge in [-0.05, 0) is 62.4 Å². The third-order valence-corrected chi connectivity index (χ3v) is 5.61. The molecule has 2 aromatic carbocycles. The summed E-state index contributed by atoms with van der Waals surface area (Å²) in [5.41, 5.74) is 2.99. The lowest BCUT2D eigenvalue weighted by Crippen LogP contribution is -2.44. The van der Waals surface area contributed by atoms with E-state index in [1.165, 1.54) is 5.69 Å². The number of hydrogen-bond acceptors (Lipinski definition) is 5. The molecule has 2 amide bonds. The van der Waals surface area contributed by atoms with Crippen LogP contribution in [0.3, 0.4) is 0 Å². The highest BCUT2D eigenvalue weighted by Crippen LogP contribution is 2.21. The maximum Gasteiger partial charge on any atom is 0.255 e. The Morgan fingerprint density at radius 3 is 2.43 bits per heavy atom. The Labute approximate surface area is 177 Å². The minimum Gasteiger partial charge on any atom is -0.369 e. The number of rotatable bonds is 5. The first-order chi connectivity index (χ1) is 14.6. The van der Waals surface area contributed by atoms with Crippen LogP contribution in [0.15, 0.2) is 48.5 Å². The summed E-state index contributed by atoms with van der Waals surface area (Å²) in [7, 11) is 2.14. The van der Waals surface area contributed by atoms with Crippen LogP contribution in [0.25, 0.3) is 0 Å². The molecule has 0 radical (unpaired) electrons. The average molecular weight is 409 g/mol. The molecule has 158 valence electrons. The van der Waals surface area contributed by atoms with Crippen LogP contribution in [0.5, 0.6) is 0 Å². The van der Waals surface area contributed by atoms with Gasteiger partial charge in [0, 0.05) is 55.4 Å². The van der Waals surface area contributed by atoms with Gasteiger partial charge in [-0.3, -0.25) is 9.59 Å². The lowest BCUT2D eigenvalue weighted by Gasteiger charge is -2.34. The van der Waals surface area contributed by atoms with Crippen LogP contribution in [0, 0.1) is 0 Å². The van der Waals surface area contributed by atoms with Crippen LogP contribution in [0.4, 0.5) is 17.1 Å². The van der Waals surface area contributed by atoms with Gasteiger partial charge in [0.15, 0.2) is 0 Å². The van der Waals surface area contributed by atoms with Crippen molar-refractivity contribution in [2.45, 2.75) is 18.9 Å². The summed E-state index contributed by atoms with van der Waals surface area (Å²) in [5, 5.41) is 5.76. The SMILES string of the molecule is CN1CCN(c2ccc(NC(=O)c3cccc(NC(=O)C4CCCO4)c3)cc2)CC1. The Bertz CT molecular complexity index is 886. The second-order valence-corrected chi connectivity index (χ2v) is 7.86. The molecule has 2 heterocycles. The predicted molar refractivity (Wildman–Crippen MR) is 118 cm³/mol. The van der Waals surface area contributed by atoms with Gasteiger partial charge in [0.2, 0.25) is 0 Å². The third kappa shape index (κ3) is 4.98. The lowest BCUT2D eigenvalue weighted by atomic mass is 10.1. The minimum absolute atomic E-state index is 0.162. The van der Waals surface area contributed by atoms with Crippen LogP contribution in [0.1, 0.15) is 23.2 Å². The number of nitrogens with zero attached hydrogens (tertiary/aromatic N) is 2. The Hall–Kier alpha value is -2.90. The maximum absolute atomic E-state index is 12.7. The number of anilines is 3. The van der Waals surface area contributed by atoms with Gasteiger partial charge in [-0.15, -0.1) is 0 Å². The number of hydrogen-bond donors (Lipinski definition) is 2. The van der Waals surface area contributed by atoms with E-state index in [1.54, 1.807) is 24.3 Å². The van der Waals surface area contributed by atoms with Gasteiger partial charge in [0.05, 0.1) is 0 Å². The zero-order valence-electron chi connectivity index (χ0n) is 17.3. The van der Waals surface area contributed by atoms with Gasteiger partial charge in [-0.2, -0.15) is 0 Å². The Kier molecular flexibility index (Phi) is 6.30. The first-order valence-electron chi connectivity index (χ1n) is 10.5. The quantitative estimate of drug-likeness (QED) is 0.796. The molecule has 2 saturated heterocycles. The van der Waals surface area contributed by atoms with Gasteiger partial charge < -0.3 is 25.2 Å². The molecular weight excluding hydrogens is 380 g/mol. The van der Waals surface area contributed by atoms with Crippen LogP contribution >= 0.6 is 0 Å². The number of ether oxygens (including phenoxy) is 1. The summed E-state index contributed by atoms with van der Waals surface area (Å²) in [5.74, 6) is -0.375. The molecular formula is C23H28N4O3. The molecule has 0 saturated carbocycles. The van der Waals surface area contributed by atoms with Crippen LogP contribution in [0.2, 0.25) is 0 Å². The van der Waals surface area contributed by atoms with Crippen molar-refractivity contribution in [1.29, 1.82) is 0 Å². The van der Waals surface area contributed by atoms with Crippen molar-refractivity contribution in [2.24, 2.45) is 0 Å². The third-order valence-electron chi connectivity index (χ3n) is 5.61. The highest BCUT2D eigenvalue weighted by molar-refractivity contribution is 6.05. The van der Waals surface area contributed by atoms with E-state index in [9.17, 15) is 9.59 Å². The molecule has 2 N–H and O–H groups in total. The number of piperazine rings is 1. The highest BCUT2D eigenvalue weighted by Gasteiger charge is 2.23. The zero-order valence-corrected chi connectivity index (χ0v) is 17.3. The van der Waals surface area contributed by atoms with E-state index in [0.717, 1.165) is 44.7 Å². The summed E-state index contributed by atoms with van der Waals surface area (Å²) < 4.78 is 5.41. The largest absolute Gasteiger partial charge is 0.369 e. The molecule has 4 rings (SSSR count). The van der Waals surface area contributed by atoms with Crippen LogP contribution in [-0.2, 0) is 9.53 Å². The first kappa shape index (κ1) is 20.4. The molecule has 0 aromatic heterocycles. The van der Waals surface area contributed by atoms with E-state index in [4.69, 9.17) is 4.74 Å². The number of likely N-dealkylation sites (N-methyl/N-ethyl adjacent to an activating group) is 1. The summed E-state index contributed by atoms with van der Waals surface area (Å²) in [6, 6.07) is 14.9. The predicted octanol–water partition coefficient (Wildman–Crippen LogP) is 2.81. The molecule has 2 fully saturated rings. The number of carbonyl (C=O) groups excluding carboxylic acids is 2. The number of carbonyl (C=O) groups is 2. The van der Waals surface area contributed by atoms with E-state index in [-0.39, 0.29) is 11.8 Å². The van der Waals surface area contributed by atoms with Gasteiger partial charge in [-0.1, -0.05) is 6.07 Å². The molecule has 1 atom stereocenters. The van der Waals surface area contributed by atoms with E-state index in [1.807, 2.05) is 24.3 Å². The van der Waals surface area contributed by atoms with E-state index >= 15 is 0 Å². The molecule has 2 aromatic rings. The van der Waals surface area contributed by atoms with Gasteiger partial charge in [0.1, 0.15) is 6.10 Å². The molecule has 7 nitrogen and oxygen atoms in total. The first-order valence-corrected chi connectivity index (χ1v) is 10.5. The average Bonchev–Trinajstić information content (AvgIpc) is 3.30. The number of benzene rings is 2. The van der Waals surface area contributed by atoms with E-state index in [2.05, 4.69) is 27.5 Å². The van der Waals surface area contributed by atoms with Crippen molar-refractivity contribution in [3.8, 4) is 0 Å². The fourth-order valence-electron chi connectivity index (χ4n) is 3.77. The number of amides is 2. The Morgan fingerprint density at radius 2 is 1.73 bits per heavy atom. The van der Waals surface area contributed by atoms with E-state index in [0.29, 0.717) is 17.9 Å². The van der Waals surface area contributed by atoms with Crippen molar-refractivity contribution in [3.05, 3.63) is 54.1 Å². The molecule has 0 bridgehead atoms. The molecule has 30 heavy (non-hydrogen) atoms. The molecule has 1 unspecified atom stereocenters. The molecule has 7 heteroatoms. The maximum atomic E-state index is 12.7. The van der Waals surface area contributed by atoms with Gasteiger partial charge in [-0.25, -0.2) is 0 Å². The van der Waals surface area contributed by atoms with Gasteiger partial charge >= 0.3 is 0 Å². The van der Waals surface area contributed by atoms with Crippen molar-refractivity contribution in [3.63, 3.8) is 0 Å². The second kappa shape index (κ2) is 9.28. The Morgan fingerprint density at radius 1 is 0.967 bits per heavy atom. The zero-order chi connectivity index (χ0) is 20.9. The summed E-state index contributed by atoms with van der Waals surface area (Å²) in [4.78, 5) is 29.6. The number of nitrogens with one attached hydrogen (secondary N) is 2. The summed E-state index contributed by atoms with van der Waals surface area (Å²) in [6.07, 6.45) is 1.23. The lowest BCUT2D eigenvalue weighted by molar-refractivity contribution is -0.124. The fourth-order valence-corrected chi connectivity index (χ4v) is 3.77. The van der Waals surface area contributed by atoms with Crippen LogP contribution < -0.4 is 15.5 Å². The fraction of sp³-hybridized carbons (Fsp3) is 0.391. The molecule has 0 spiro atoms. The van der Waals surface area contributed by atoms with Crippen molar-refractivity contribution < 1.29 is 14.3 Å². The topological polar surface area (TPSA) is 73.9 Å². The summed E-state index contributed by atoms with van der Waals surface area (Å²) in [6.45, 7) is 4.74.